The summed E-state index contributed by atoms with van der Waals surface area (Å²) in [6.45, 7) is 0.729. The molecule has 0 saturated heterocycles. The first-order valence-corrected chi connectivity index (χ1v) is 7.24. The Morgan fingerprint density at radius 1 is 1.20 bits per heavy atom. The topological polar surface area (TPSA) is 61.8 Å². The van der Waals surface area contributed by atoms with Crippen molar-refractivity contribution < 1.29 is 0 Å². The number of rotatable bonds is 5. The van der Waals surface area contributed by atoms with Gasteiger partial charge in [0, 0.05) is 17.1 Å². The van der Waals surface area contributed by atoms with Crippen LogP contribution in [0.4, 0.5) is 5.69 Å². The molecular formula is C16H16BrN3. The Balaban J connectivity index is 1.92. The van der Waals surface area contributed by atoms with Crippen molar-refractivity contribution in [2.75, 3.05) is 11.9 Å². The maximum Gasteiger partial charge on any atom is 0.101 e. The Hall–Kier alpha value is -1.83. The van der Waals surface area contributed by atoms with E-state index in [0.717, 1.165) is 28.7 Å². The number of nitrogens with two attached hydrogens (primary N) is 1. The van der Waals surface area contributed by atoms with Gasteiger partial charge in [-0.15, -0.1) is 0 Å². The van der Waals surface area contributed by atoms with E-state index in [4.69, 9.17) is 11.0 Å². The smallest absolute Gasteiger partial charge is 0.101 e. The fraction of sp³-hybridized carbons (Fsp3) is 0.188. The number of benzene rings is 2. The van der Waals surface area contributed by atoms with Gasteiger partial charge in [-0.2, -0.15) is 5.26 Å². The summed E-state index contributed by atoms with van der Waals surface area (Å²) in [5.74, 6) is 0. The van der Waals surface area contributed by atoms with Crippen LogP contribution < -0.4 is 11.1 Å². The number of hydrogen-bond acceptors (Lipinski definition) is 3. The summed E-state index contributed by atoms with van der Waals surface area (Å²) in [5, 5.41) is 12.4. The predicted molar refractivity (Wildman–Crippen MR) is 85.3 cm³/mol. The molecule has 3 nitrogen and oxygen atoms in total. The van der Waals surface area contributed by atoms with Gasteiger partial charge < -0.3 is 11.1 Å². The van der Waals surface area contributed by atoms with Crippen molar-refractivity contribution in [1.29, 1.82) is 5.26 Å². The predicted octanol–water partition coefficient (Wildman–Crippen LogP) is 3.82. The molecule has 0 heterocycles. The highest BCUT2D eigenvalue weighted by Crippen LogP contribution is 2.21. The van der Waals surface area contributed by atoms with Crippen LogP contribution in [0.2, 0.25) is 0 Å². The van der Waals surface area contributed by atoms with E-state index in [0.29, 0.717) is 5.56 Å². The second-order valence-electron chi connectivity index (χ2n) is 4.53. The highest BCUT2D eigenvalue weighted by Gasteiger charge is 2.06. The lowest BCUT2D eigenvalue weighted by Gasteiger charge is -2.14. The molecule has 0 aliphatic rings. The van der Waals surface area contributed by atoms with E-state index >= 15 is 0 Å². The molecular weight excluding hydrogens is 314 g/mol. The molecule has 0 aliphatic heterocycles. The zero-order valence-corrected chi connectivity index (χ0v) is 12.6. The van der Waals surface area contributed by atoms with Crippen LogP contribution in [0.1, 0.15) is 23.6 Å². The number of nitrogens with zero attached hydrogens (tertiary/aromatic N) is 1. The van der Waals surface area contributed by atoms with E-state index in [2.05, 4.69) is 27.3 Å². The lowest BCUT2D eigenvalue weighted by molar-refractivity contribution is 0.675. The van der Waals surface area contributed by atoms with Crippen molar-refractivity contribution in [3.63, 3.8) is 0 Å². The second-order valence-corrected chi connectivity index (χ2v) is 5.45. The molecule has 0 saturated carbocycles. The van der Waals surface area contributed by atoms with E-state index in [1.807, 2.05) is 42.5 Å². The van der Waals surface area contributed by atoms with Gasteiger partial charge in [0.05, 0.1) is 11.3 Å². The van der Waals surface area contributed by atoms with Gasteiger partial charge in [0.2, 0.25) is 0 Å². The van der Waals surface area contributed by atoms with Gasteiger partial charge >= 0.3 is 0 Å². The molecule has 0 fully saturated rings. The molecule has 0 spiro atoms. The third-order valence-corrected chi connectivity index (χ3v) is 3.59. The average molecular weight is 330 g/mol. The molecule has 0 amide bonds. The van der Waals surface area contributed by atoms with E-state index in [9.17, 15) is 0 Å². The second kappa shape index (κ2) is 7.09. The quantitative estimate of drug-likeness (QED) is 0.876. The van der Waals surface area contributed by atoms with Crippen LogP contribution in [0.5, 0.6) is 0 Å². The molecule has 4 heteroatoms. The van der Waals surface area contributed by atoms with Gasteiger partial charge in [0.25, 0.3) is 0 Å². The molecule has 1 atom stereocenters. The molecule has 3 N–H and O–H groups in total. The minimum absolute atomic E-state index is 0.00434. The first kappa shape index (κ1) is 14.6. The summed E-state index contributed by atoms with van der Waals surface area (Å²) >= 11 is 3.36. The summed E-state index contributed by atoms with van der Waals surface area (Å²) in [7, 11) is 0. The molecule has 0 radical (unpaired) electrons. The molecule has 0 aliphatic carbocycles. The zero-order chi connectivity index (χ0) is 14.4. The zero-order valence-electron chi connectivity index (χ0n) is 11.0. The van der Waals surface area contributed by atoms with Crippen LogP contribution in [0, 0.1) is 11.3 Å². The largest absolute Gasteiger partial charge is 0.384 e. The number of halogens is 1. The lowest BCUT2D eigenvalue weighted by atomic mass is 10.0. The summed E-state index contributed by atoms with van der Waals surface area (Å²) < 4.78 is 0.903. The minimum atomic E-state index is 0.00434. The normalized spacial score (nSPS) is 11.7. The Bertz CT molecular complexity index is 605. The Morgan fingerprint density at radius 2 is 1.95 bits per heavy atom. The first-order valence-electron chi connectivity index (χ1n) is 6.45. The molecule has 1 unspecified atom stereocenters. The Labute approximate surface area is 127 Å². The number of hydrogen-bond donors (Lipinski definition) is 2. The standard InChI is InChI=1S/C16H16BrN3/c17-14-6-7-16(13(10-14)11-18)20-9-8-15(19)12-4-2-1-3-5-12/h1-7,10,15,20H,8-9,19H2. The van der Waals surface area contributed by atoms with Crippen molar-refractivity contribution in [1.82, 2.24) is 0 Å². The van der Waals surface area contributed by atoms with Gasteiger partial charge in [0.1, 0.15) is 6.07 Å². The van der Waals surface area contributed by atoms with Crippen molar-refractivity contribution in [2.24, 2.45) is 5.73 Å². The van der Waals surface area contributed by atoms with Gasteiger partial charge in [-0.25, -0.2) is 0 Å². The van der Waals surface area contributed by atoms with Crippen molar-refractivity contribution in [2.45, 2.75) is 12.5 Å². The van der Waals surface area contributed by atoms with Crippen LogP contribution in [-0.2, 0) is 0 Å². The van der Waals surface area contributed by atoms with Crippen molar-refractivity contribution in [3.8, 4) is 6.07 Å². The molecule has 0 bridgehead atoms. The molecule has 2 aromatic carbocycles. The molecule has 20 heavy (non-hydrogen) atoms. The summed E-state index contributed by atoms with van der Waals surface area (Å²) in [5.41, 5.74) is 8.75. The molecule has 2 rings (SSSR count). The van der Waals surface area contributed by atoms with Crippen LogP contribution >= 0.6 is 15.9 Å². The van der Waals surface area contributed by atoms with Crippen molar-refractivity contribution in [3.05, 3.63) is 64.1 Å². The van der Waals surface area contributed by atoms with Crippen molar-refractivity contribution >= 4 is 21.6 Å². The molecule has 0 aromatic heterocycles. The SMILES string of the molecule is N#Cc1cc(Br)ccc1NCCC(N)c1ccccc1. The molecule has 102 valence electrons. The monoisotopic (exact) mass is 329 g/mol. The lowest BCUT2D eigenvalue weighted by Crippen LogP contribution is -2.15. The third-order valence-electron chi connectivity index (χ3n) is 3.10. The fourth-order valence-corrected chi connectivity index (χ4v) is 2.35. The number of anilines is 1. The van der Waals surface area contributed by atoms with Crippen LogP contribution in [0.25, 0.3) is 0 Å². The molecule has 2 aromatic rings. The Kier molecular flexibility index (Phi) is 5.16. The van der Waals surface area contributed by atoms with Gasteiger partial charge in [-0.05, 0) is 30.2 Å². The maximum atomic E-state index is 9.09. The minimum Gasteiger partial charge on any atom is -0.384 e. The van der Waals surface area contributed by atoms with E-state index in [1.54, 1.807) is 6.07 Å². The fourth-order valence-electron chi connectivity index (χ4n) is 1.99. The van der Waals surface area contributed by atoms with Gasteiger partial charge in [-0.3, -0.25) is 0 Å². The Morgan fingerprint density at radius 3 is 2.65 bits per heavy atom. The van der Waals surface area contributed by atoms with Gasteiger partial charge in [0.15, 0.2) is 0 Å². The number of nitrogens with one attached hydrogen (secondary N) is 1. The van der Waals surface area contributed by atoms with Crippen LogP contribution in [0.3, 0.4) is 0 Å². The van der Waals surface area contributed by atoms with E-state index in [1.165, 1.54) is 0 Å². The van der Waals surface area contributed by atoms with Crippen LogP contribution in [0.15, 0.2) is 53.0 Å². The van der Waals surface area contributed by atoms with E-state index < -0.39 is 0 Å². The number of nitriles is 1. The summed E-state index contributed by atoms with van der Waals surface area (Å²) in [6, 6.07) is 17.8. The maximum absolute atomic E-state index is 9.09. The van der Waals surface area contributed by atoms with Crippen LogP contribution in [-0.4, -0.2) is 6.54 Å². The highest BCUT2D eigenvalue weighted by atomic mass is 79.9. The first-order chi connectivity index (χ1) is 9.70. The summed E-state index contributed by atoms with van der Waals surface area (Å²) in [4.78, 5) is 0. The van der Waals surface area contributed by atoms with Gasteiger partial charge in [-0.1, -0.05) is 46.3 Å². The average Bonchev–Trinajstić information content (AvgIpc) is 2.49. The highest BCUT2D eigenvalue weighted by molar-refractivity contribution is 9.10. The summed E-state index contributed by atoms with van der Waals surface area (Å²) in [6.07, 6.45) is 0.810. The van der Waals surface area contributed by atoms with E-state index in [-0.39, 0.29) is 6.04 Å². The third kappa shape index (κ3) is 3.83.